The van der Waals surface area contributed by atoms with E-state index in [1.165, 1.54) is 51.4 Å². The quantitative estimate of drug-likeness (QED) is 0.612. The van der Waals surface area contributed by atoms with Crippen molar-refractivity contribution in [1.29, 1.82) is 0 Å². The molecule has 0 radical (unpaired) electrons. The van der Waals surface area contributed by atoms with Gasteiger partial charge < -0.3 is 8.85 Å². The fourth-order valence-electron chi connectivity index (χ4n) is 4.08. The van der Waals surface area contributed by atoms with Crippen LogP contribution in [0.4, 0.5) is 0 Å². The minimum atomic E-state index is -2.28. The molecule has 0 heterocycles. The lowest BCUT2D eigenvalue weighted by Gasteiger charge is -2.41. The van der Waals surface area contributed by atoms with Crippen molar-refractivity contribution in [3.63, 3.8) is 0 Å². The monoisotopic (exact) mass is 327 g/mol. The van der Waals surface area contributed by atoms with Crippen LogP contribution in [0.3, 0.4) is 0 Å². The summed E-state index contributed by atoms with van der Waals surface area (Å²) in [5.41, 5.74) is 0.653. The van der Waals surface area contributed by atoms with Gasteiger partial charge in [-0.2, -0.15) is 0 Å². The lowest BCUT2D eigenvalue weighted by Crippen LogP contribution is -2.64. The molecule has 0 aromatic rings. The maximum Gasteiger partial charge on any atom is 0.428 e. The molecular formula is C18H37NO2Si. The maximum absolute atomic E-state index is 6.52. The summed E-state index contributed by atoms with van der Waals surface area (Å²) in [6, 6.07) is 0.606. The first-order valence-corrected chi connectivity index (χ1v) is 11.7. The van der Waals surface area contributed by atoms with Gasteiger partial charge in [0.1, 0.15) is 0 Å². The second kappa shape index (κ2) is 9.41. The molecule has 0 amide bonds. The Morgan fingerprint density at radius 1 is 0.864 bits per heavy atom. The Bertz CT molecular complexity index is 299. The van der Waals surface area contributed by atoms with Crippen molar-refractivity contribution >= 4 is 8.72 Å². The van der Waals surface area contributed by atoms with Gasteiger partial charge in [-0.15, -0.1) is 0 Å². The van der Waals surface area contributed by atoms with Gasteiger partial charge in [-0.25, -0.2) is 0 Å². The maximum atomic E-state index is 6.52. The molecule has 0 spiro atoms. The molecule has 0 saturated heterocycles. The third-order valence-electron chi connectivity index (χ3n) is 5.43. The van der Waals surface area contributed by atoms with Gasteiger partial charge in [0.15, 0.2) is 0 Å². The molecule has 0 aromatic heterocycles. The summed E-state index contributed by atoms with van der Waals surface area (Å²) in [5, 5.41) is 0. The normalized spacial score (nSPS) is 27.4. The van der Waals surface area contributed by atoms with Crippen LogP contribution in [0.2, 0.25) is 5.54 Å². The predicted molar refractivity (Wildman–Crippen MR) is 95.0 cm³/mol. The van der Waals surface area contributed by atoms with Gasteiger partial charge in [0, 0.05) is 24.8 Å². The van der Waals surface area contributed by atoms with Gasteiger partial charge in [-0.1, -0.05) is 46.5 Å². The molecule has 3 nitrogen and oxygen atoms in total. The molecule has 0 aliphatic heterocycles. The van der Waals surface area contributed by atoms with Crippen LogP contribution < -0.4 is 4.98 Å². The lowest BCUT2D eigenvalue weighted by atomic mass is 9.87. The van der Waals surface area contributed by atoms with Crippen LogP contribution in [-0.2, 0) is 8.85 Å². The van der Waals surface area contributed by atoms with Gasteiger partial charge in [0.2, 0.25) is 0 Å². The molecule has 2 fully saturated rings. The fourth-order valence-corrected chi connectivity index (χ4v) is 8.17. The average Bonchev–Trinajstić information content (AvgIpc) is 3.07. The summed E-state index contributed by atoms with van der Waals surface area (Å²) in [6.45, 7) is 8.51. The number of nitrogens with one attached hydrogen (secondary N) is 1. The van der Waals surface area contributed by atoms with Gasteiger partial charge in [-0.05, 0) is 44.4 Å². The molecular weight excluding hydrogens is 290 g/mol. The van der Waals surface area contributed by atoms with Crippen LogP contribution >= 0.6 is 0 Å². The Morgan fingerprint density at radius 3 is 1.95 bits per heavy atom. The molecule has 2 aliphatic carbocycles. The van der Waals surface area contributed by atoms with Crippen LogP contribution in [0, 0.1) is 5.92 Å². The van der Waals surface area contributed by atoms with Gasteiger partial charge in [0.25, 0.3) is 0 Å². The van der Waals surface area contributed by atoms with Crippen LogP contribution in [0.15, 0.2) is 0 Å². The minimum absolute atomic E-state index is 0.606. The highest BCUT2D eigenvalue weighted by Crippen LogP contribution is 2.40. The Kier molecular flexibility index (Phi) is 7.88. The Labute approximate surface area is 138 Å². The molecule has 2 rings (SSSR count). The third kappa shape index (κ3) is 4.79. The van der Waals surface area contributed by atoms with Crippen molar-refractivity contribution in [2.24, 2.45) is 5.92 Å². The van der Waals surface area contributed by atoms with E-state index >= 15 is 0 Å². The highest BCUT2D eigenvalue weighted by molar-refractivity contribution is 6.66. The van der Waals surface area contributed by atoms with Gasteiger partial charge in [0.05, 0.1) is 0 Å². The smallest absolute Gasteiger partial charge is 0.383 e. The summed E-state index contributed by atoms with van der Waals surface area (Å²) in [4.78, 5) is 4.03. The van der Waals surface area contributed by atoms with E-state index in [9.17, 15) is 0 Å². The Morgan fingerprint density at radius 2 is 1.41 bits per heavy atom. The summed E-state index contributed by atoms with van der Waals surface area (Å²) >= 11 is 0. The minimum Gasteiger partial charge on any atom is -0.383 e. The van der Waals surface area contributed by atoms with E-state index in [4.69, 9.17) is 8.85 Å². The molecule has 22 heavy (non-hydrogen) atoms. The first-order chi connectivity index (χ1) is 10.7. The molecule has 130 valence electrons. The zero-order valence-electron chi connectivity index (χ0n) is 15.0. The van der Waals surface area contributed by atoms with E-state index in [2.05, 4.69) is 25.8 Å². The summed E-state index contributed by atoms with van der Waals surface area (Å²) in [7, 11) is -2.28. The number of rotatable bonds is 9. The van der Waals surface area contributed by atoms with Gasteiger partial charge >= 0.3 is 8.72 Å². The third-order valence-corrected chi connectivity index (χ3v) is 9.12. The SMILES string of the molecule is CCCO[Si](NC1CCCCC1C)(OCCC)C1CCCC1. The first-order valence-electron chi connectivity index (χ1n) is 9.77. The highest BCUT2D eigenvalue weighted by atomic mass is 28.4. The predicted octanol–water partition coefficient (Wildman–Crippen LogP) is 4.89. The lowest BCUT2D eigenvalue weighted by molar-refractivity contribution is 0.133. The second-order valence-corrected chi connectivity index (χ2v) is 10.4. The van der Waals surface area contributed by atoms with E-state index in [1.54, 1.807) is 0 Å². The van der Waals surface area contributed by atoms with Crippen LogP contribution in [-0.4, -0.2) is 28.0 Å². The molecule has 2 unspecified atom stereocenters. The molecule has 1 N–H and O–H groups in total. The molecule has 2 saturated carbocycles. The summed E-state index contributed by atoms with van der Waals surface area (Å²) < 4.78 is 13.0. The van der Waals surface area contributed by atoms with Crippen LogP contribution in [0.5, 0.6) is 0 Å². The molecule has 2 atom stereocenters. The zero-order valence-corrected chi connectivity index (χ0v) is 16.0. The van der Waals surface area contributed by atoms with E-state index < -0.39 is 8.72 Å². The van der Waals surface area contributed by atoms with Crippen LogP contribution in [0.25, 0.3) is 0 Å². The fraction of sp³-hybridized carbons (Fsp3) is 1.00. The molecule has 2 aliphatic rings. The number of hydrogen-bond donors (Lipinski definition) is 1. The van der Waals surface area contributed by atoms with Crippen molar-refractivity contribution in [1.82, 2.24) is 4.98 Å². The Hall–Kier alpha value is 0.0969. The first kappa shape index (κ1) is 18.4. The Balaban J connectivity index is 2.11. The van der Waals surface area contributed by atoms with Crippen molar-refractivity contribution < 1.29 is 8.85 Å². The van der Waals surface area contributed by atoms with E-state index in [-0.39, 0.29) is 0 Å². The molecule has 0 bridgehead atoms. The van der Waals surface area contributed by atoms with E-state index in [1.807, 2.05) is 0 Å². The second-order valence-electron chi connectivity index (χ2n) is 7.36. The van der Waals surface area contributed by atoms with E-state index in [0.717, 1.165) is 32.0 Å². The topological polar surface area (TPSA) is 30.5 Å². The zero-order chi connectivity index (χ0) is 15.8. The van der Waals surface area contributed by atoms with Crippen molar-refractivity contribution in [2.75, 3.05) is 13.2 Å². The highest BCUT2D eigenvalue weighted by Gasteiger charge is 2.49. The largest absolute Gasteiger partial charge is 0.428 e. The summed E-state index contributed by atoms with van der Waals surface area (Å²) in [6.07, 6.45) is 12.9. The van der Waals surface area contributed by atoms with E-state index in [0.29, 0.717) is 11.6 Å². The van der Waals surface area contributed by atoms with Crippen LogP contribution in [0.1, 0.15) is 85.0 Å². The number of hydrogen-bond acceptors (Lipinski definition) is 3. The molecule has 0 aromatic carbocycles. The van der Waals surface area contributed by atoms with Crippen molar-refractivity contribution in [3.8, 4) is 0 Å². The van der Waals surface area contributed by atoms with Gasteiger partial charge in [-0.3, -0.25) is 4.98 Å². The standard InChI is InChI=1S/C18H37NO2Si/c1-4-14-20-22(21-15-5-2,17-11-7-8-12-17)19-18-13-9-6-10-16(18)3/h16-19H,4-15H2,1-3H3. The summed E-state index contributed by atoms with van der Waals surface area (Å²) in [5.74, 6) is 0.762. The van der Waals surface area contributed by atoms with Crippen molar-refractivity contribution in [2.45, 2.75) is 96.6 Å². The molecule has 4 heteroatoms. The van der Waals surface area contributed by atoms with Crippen molar-refractivity contribution in [3.05, 3.63) is 0 Å². The average molecular weight is 328 g/mol.